The number of nitrogens with zero attached hydrogens (tertiary/aromatic N) is 2. The summed E-state index contributed by atoms with van der Waals surface area (Å²) in [4.78, 5) is 16.3. The lowest BCUT2D eigenvalue weighted by molar-refractivity contribution is 0.0652. The number of hydrogen-bond donors (Lipinski definition) is 0. The fourth-order valence-corrected chi connectivity index (χ4v) is 2.48. The quantitative estimate of drug-likeness (QED) is 0.772. The molecule has 3 nitrogen and oxygen atoms in total. The van der Waals surface area contributed by atoms with E-state index in [1.54, 1.807) is 18.2 Å². The van der Waals surface area contributed by atoms with Gasteiger partial charge in [0.25, 0.3) is 5.91 Å². The summed E-state index contributed by atoms with van der Waals surface area (Å²) in [6.45, 7) is 3.69. The smallest absolute Gasteiger partial charge is 0.253 e. The molecule has 1 fully saturated rings. The van der Waals surface area contributed by atoms with Gasteiger partial charge in [0.05, 0.1) is 11.6 Å². The van der Waals surface area contributed by atoms with Crippen LogP contribution >= 0.6 is 27.5 Å². The molecule has 0 aromatic heterocycles. The van der Waals surface area contributed by atoms with Gasteiger partial charge in [-0.1, -0.05) is 17.5 Å². The molecule has 1 saturated heterocycles. The second-order valence-corrected chi connectivity index (χ2v) is 5.66. The molecule has 1 aromatic carbocycles. The number of carbonyl (C=O) groups is 1. The highest BCUT2D eigenvalue weighted by Gasteiger charge is 2.21. The third kappa shape index (κ3) is 3.50. The van der Waals surface area contributed by atoms with Crippen LogP contribution in [0, 0.1) is 12.3 Å². The first-order valence-electron chi connectivity index (χ1n) is 6.02. The maximum Gasteiger partial charge on any atom is 0.253 e. The number of amides is 1. The summed E-state index contributed by atoms with van der Waals surface area (Å²) >= 11 is 9.33. The van der Waals surface area contributed by atoms with Gasteiger partial charge in [0.1, 0.15) is 0 Å². The zero-order chi connectivity index (χ0) is 13.8. The van der Waals surface area contributed by atoms with E-state index in [1.807, 2.05) is 4.90 Å². The number of rotatable bonds is 2. The van der Waals surface area contributed by atoms with Gasteiger partial charge in [0.15, 0.2) is 0 Å². The van der Waals surface area contributed by atoms with Crippen LogP contribution in [0.4, 0.5) is 0 Å². The van der Waals surface area contributed by atoms with Gasteiger partial charge in [-0.05, 0) is 34.1 Å². The topological polar surface area (TPSA) is 23.6 Å². The average Bonchev–Trinajstić information content (AvgIpc) is 2.42. The molecule has 1 aromatic rings. The Hall–Kier alpha value is -1.02. The molecule has 19 heavy (non-hydrogen) atoms. The Labute approximate surface area is 126 Å². The molecule has 0 atom stereocenters. The third-order valence-corrected chi connectivity index (χ3v) is 4.37. The van der Waals surface area contributed by atoms with Crippen LogP contribution in [0.25, 0.3) is 0 Å². The molecule has 1 aliphatic rings. The van der Waals surface area contributed by atoms with Crippen molar-refractivity contribution in [2.24, 2.45) is 0 Å². The lowest BCUT2D eigenvalue weighted by atomic mass is 10.2. The zero-order valence-electron chi connectivity index (χ0n) is 10.4. The maximum absolute atomic E-state index is 12.3. The van der Waals surface area contributed by atoms with Crippen molar-refractivity contribution in [3.05, 3.63) is 33.3 Å². The van der Waals surface area contributed by atoms with Crippen molar-refractivity contribution in [1.29, 1.82) is 0 Å². The Balaban J connectivity index is 2.01. The monoisotopic (exact) mass is 340 g/mol. The van der Waals surface area contributed by atoms with Crippen LogP contribution in [-0.2, 0) is 0 Å². The molecule has 2 rings (SSSR count). The SMILES string of the molecule is C#CCN1CCN(C(=O)c2ccc(Br)c(Cl)c2)CC1. The molecular formula is C14H14BrClN2O. The first-order valence-corrected chi connectivity index (χ1v) is 7.19. The predicted molar refractivity (Wildman–Crippen MR) is 80.3 cm³/mol. The first kappa shape index (κ1) is 14.4. The second-order valence-electron chi connectivity index (χ2n) is 4.40. The molecule has 1 heterocycles. The van der Waals surface area contributed by atoms with Gasteiger partial charge in [0.2, 0.25) is 0 Å². The van der Waals surface area contributed by atoms with Gasteiger partial charge in [0, 0.05) is 36.2 Å². The maximum atomic E-state index is 12.3. The Morgan fingerprint density at radius 3 is 2.63 bits per heavy atom. The van der Waals surface area contributed by atoms with Crippen LogP contribution in [0.3, 0.4) is 0 Å². The standard InChI is InChI=1S/C14H14BrClN2O/c1-2-5-17-6-8-18(9-7-17)14(19)11-3-4-12(15)13(16)10-11/h1,3-4,10H,5-9H2. The molecule has 0 aliphatic carbocycles. The van der Waals surface area contributed by atoms with Gasteiger partial charge in [-0.15, -0.1) is 6.42 Å². The second kappa shape index (κ2) is 6.42. The van der Waals surface area contributed by atoms with Gasteiger partial charge in [-0.3, -0.25) is 9.69 Å². The fourth-order valence-electron chi connectivity index (χ4n) is 2.05. The minimum atomic E-state index is 0.0229. The van der Waals surface area contributed by atoms with E-state index in [0.717, 1.165) is 17.6 Å². The first-order chi connectivity index (χ1) is 9.11. The summed E-state index contributed by atoms with van der Waals surface area (Å²) in [5.74, 6) is 2.65. The lowest BCUT2D eigenvalue weighted by Gasteiger charge is -2.33. The fraction of sp³-hybridized carbons (Fsp3) is 0.357. The van der Waals surface area contributed by atoms with Gasteiger partial charge in [-0.25, -0.2) is 0 Å². The van der Waals surface area contributed by atoms with E-state index < -0.39 is 0 Å². The number of carbonyl (C=O) groups excluding carboxylic acids is 1. The van der Waals surface area contributed by atoms with E-state index in [4.69, 9.17) is 18.0 Å². The minimum Gasteiger partial charge on any atom is -0.336 e. The number of piperazine rings is 1. The van der Waals surface area contributed by atoms with Crippen LogP contribution in [0.1, 0.15) is 10.4 Å². The van der Waals surface area contributed by atoms with Crippen molar-refractivity contribution >= 4 is 33.4 Å². The Morgan fingerprint density at radius 1 is 1.37 bits per heavy atom. The molecule has 1 amide bonds. The van der Waals surface area contributed by atoms with E-state index in [2.05, 4.69) is 26.8 Å². The van der Waals surface area contributed by atoms with Crippen LogP contribution in [0.5, 0.6) is 0 Å². The van der Waals surface area contributed by atoms with E-state index in [0.29, 0.717) is 30.2 Å². The predicted octanol–water partition coefficient (Wildman–Crippen LogP) is 2.49. The van der Waals surface area contributed by atoms with Crippen LogP contribution < -0.4 is 0 Å². The summed E-state index contributed by atoms with van der Waals surface area (Å²) < 4.78 is 0.796. The molecule has 0 saturated carbocycles. The molecule has 1 aliphatic heterocycles. The highest BCUT2D eigenvalue weighted by atomic mass is 79.9. The normalized spacial score (nSPS) is 16.2. The van der Waals surface area contributed by atoms with Crippen LogP contribution in [-0.4, -0.2) is 48.4 Å². The molecule has 100 valence electrons. The van der Waals surface area contributed by atoms with Gasteiger partial charge >= 0.3 is 0 Å². The Kier molecular flexibility index (Phi) is 4.87. The van der Waals surface area contributed by atoms with Crippen molar-refractivity contribution in [1.82, 2.24) is 9.80 Å². The molecular weight excluding hydrogens is 328 g/mol. The van der Waals surface area contributed by atoms with E-state index >= 15 is 0 Å². The number of hydrogen-bond acceptors (Lipinski definition) is 2. The van der Waals surface area contributed by atoms with Crippen LogP contribution in [0.2, 0.25) is 5.02 Å². The highest BCUT2D eigenvalue weighted by Crippen LogP contribution is 2.24. The summed E-state index contributed by atoms with van der Waals surface area (Å²) in [6, 6.07) is 5.28. The highest BCUT2D eigenvalue weighted by molar-refractivity contribution is 9.10. The molecule has 0 radical (unpaired) electrons. The van der Waals surface area contributed by atoms with E-state index in [9.17, 15) is 4.79 Å². The number of halogens is 2. The summed E-state index contributed by atoms with van der Waals surface area (Å²) in [5, 5.41) is 0.553. The lowest BCUT2D eigenvalue weighted by Crippen LogP contribution is -2.48. The van der Waals surface area contributed by atoms with Crippen LogP contribution in [0.15, 0.2) is 22.7 Å². The third-order valence-electron chi connectivity index (χ3n) is 3.14. The van der Waals surface area contributed by atoms with Crippen molar-refractivity contribution in [3.8, 4) is 12.3 Å². The zero-order valence-corrected chi connectivity index (χ0v) is 12.7. The number of benzene rings is 1. The largest absolute Gasteiger partial charge is 0.336 e. The Bertz CT molecular complexity index is 519. The molecule has 0 unspecified atom stereocenters. The van der Waals surface area contributed by atoms with Crippen molar-refractivity contribution in [2.75, 3.05) is 32.7 Å². The molecule has 0 N–H and O–H groups in total. The molecule has 5 heteroatoms. The van der Waals surface area contributed by atoms with E-state index in [1.165, 1.54) is 0 Å². The summed E-state index contributed by atoms with van der Waals surface area (Å²) in [5.41, 5.74) is 0.624. The minimum absolute atomic E-state index is 0.0229. The van der Waals surface area contributed by atoms with E-state index in [-0.39, 0.29) is 5.91 Å². The average molecular weight is 342 g/mol. The molecule has 0 spiro atoms. The molecule has 0 bridgehead atoms. The van der Waals surface area contributed by atoms with Gasteiger partial charge < -0.3 is 4.90 Å². The van der Waals surface area contributed by atoms with Crippen molar-refractivity contribution in [2.45, 2.75) is 0 Å². The number of terminal acetylenes is 1. The summed E-state index contributed by atoms with van der Waals surface area (Å²) in [7, 11) is 0. The Morgan fingerprint density at radius 2 is 2.05 bits per heavy atom. The van der Waals surface area contributed by atoms with Gasteiger partial charge in [-0.2, -0.15) is 0 Å². The summed E-state index contributed by atoms with van der Waals surface area (Å²) in [6.07, 6.45) is 5.28. The van der Waals surface area contributed by atoms with Crippen molar-refractivity contribution < 1.29 is 4.79 Å². The van der Waals surface area contributed by atoms with Crippen molar-refractivity contribution in [3.63, 3.8) is 0 Å².